The lowest BCUT2D eigenvalue weighted by Gasteiger charge is -2.28. The molecule has 5 nitrogen and oxygen atoms in total. The molecule has 2 heterocycles. The van der Waals surface area contributed by atoms with Crippen molar-refractivity contribution in [3.05, 3.63) is 18.3 Å². The molecule has 0 amide bonds. The van der Waals surface area contributed by atoms with Crippen LogP contribution in [0.15, 0.2) is 23.4 Å². The molecule has 1 atom stereocenters. The van der Waals surface area contributed by atoms with Crippen molar-refractivity contribution in [2.45, 2.75) is 57.0 Å². The van der Waals surface area contributed by atoms with Crippen LogP contribution in [0.1, 0.15) is 46.0 Å². The summed E-state index contributed by atoms with van der Waals surface area (Å²) in [5.74, 6) is 0. The summed E-state index contributed by atoms with van der Waals surface area (Å²) in [6.07, 6.45) is 6.48. The Kier molecular flexibility index (Phi) is 5.58. The molecule has 0 saturated carbocycles. The summed E-state index contributed by atoms with van der Waals surface area (Å²) in [6, 6.07) is 3.63. The quantitative estimate of drug-likeness (QED) is 0.908. The lowest BCUT2D eigenvalue weighted by atomic mass is 10.1. The maximum atomic E-state index is 13.0. The van der Waals surface area contributed by atoms with Gasteiger partial charge in [-0.05, 0) is 38.3 Å². The first-order valence-electron chi connectivity index (χ1n) is 7.82. The highest BCUT2D eigenvalue weighted by atomic mass is 32.2. The number of anilines is 1. The van der Waals surface area contributed by atoms with Crippen LogP contribution in [-0.4, -0.2) is 36.8 Å². The van der Waals surface area contributed by atoms with Gasteiger partial charge in [0.05, 0.1) is 5.69 Å². The Hall–Kier alpha value is -1.14. The Morgan fingerprint density at radius 2 is 2.14 bits per heavy atom. The molecule has 6 heteroatoms. The van der Waals surface area contributed by atoms with Crippen LogP contribution in [0.3, 0.4) is 0 Å². The number of hydrogen-bond acceptors (Lipinski definition) is 4. The number of sulfonamides is 1. The second-order valence-corrected chi connectivity index (χ2v) is 7.22. The van der Waals surface area contributed by atoms with E-state index in [2.05, 4.69) is 17.2 Å². The minimum Gasteiger partial charge on any atom is -0.383 e. The summed E-state index contributed by atoms with van der Waals surface area (Å²) in [5.41, 5.74) is 0.596. The van der Waals surface area contributed by atoms with Crippen LogP contribution in [0, 0.1) is 0 Å². The van der Waals surface area contributed by atoms with Gasteiger partial charge in [0.1, 0.15) is 0 Å². The molecule has 0 radical (unpaired) electrons. The standard InChI is InChI=1S/C15H25N3O2S/c1-3-13-9-6-5-7-12-18(13)21(19,20)15-14(16-4-2)10-8-11-17-15/h8,10-11,13,16H,3-7,9,12H2,1-2H3. The molecular formula is C15H25N3O2S. The van der Waals surface area contributed by atoms with Gasteiger partial charge in [-0.2, -0.15) is 4.31 Å². The second-order valence-electron chi connectivity index (χ2n) is 5.41. The Balaban J connectivity index is 2.40. The third-order valence-corrected chi connectivity index (χ3v) is 5.90. The number of aromatic nitrogens is 1. The third-order valence-electron chi connectivity index (χ3n) is 3.99. The molecule has 1 saturated heterocycles. The van der Waals surface area contributed by atoms with Gasteiger partial charge < -0.3 is 5.32 Å². The topological polar surface area (TPSA) is 62.3 Å². The van der Waals surface area contributed by atoms with Crippen LogP contribution >= 0.6 is 0 Å². The zero-order valence-electron chi connectivity index (χ0n) is 12.9. The monoisotopic (exact) mass is 311 g/mol. The van der Waals surface area contributed by atoms with Crippen molar-refractivity contribution < 1.29 is 8.42 Å². The fourth-order valence-corrected chi connectivity index (χ4v) is 4.76. The first-order chi connectivity index (χ1) is 10.1. The number of hydrogen-bond donors (Lipinski definition) is 1. The first kappa shape index (κ1) is 16.2. The van der Waals surface area contributed by atoms with Crippen molar-refractivity contribution >= 4 is 15.7 Å². The highest BCUT2D eigenvalue weighted by Crippen LogP contribution is 2.28. The molecule has 1 aliphatic heterocycles. The summed E-state index contributed by atoms with van der Waals surface area (Å²) in [5, 5.41) is 3.26. The maximum Gasteiger partial charge on any atom is 0.262 e. The van der Waals surface area contributed by atoms with Gasteiger partial charge in [0, 0.05) is 25.3 Å². The van der Waals surface area contributed by atoms with E-state index in [1.54, 1.807) is 22.6 Å². The Labute approximate surface area is 127 Å². The molecule has 118 valence electrons. The van der Waals surface area contributed by atoms with Gasteiger partial charge in [-0.1, -0.05) is 19.8 Å². The van der Waals surface area contributed by atoms with Crippen LogP contribution in [0.2, 0.25) is 0 Å². The van der Waals surface area contributed by atoms with Gasteiger partial charge in [0.25, 0.3) is 10.0 Å². The Morgan fingerprint density at radius 3 is 2.86 bits per heavy atom. The average molecular weight is 311 g/mol. The molecule has 0 aliphatic carbocycles. The van der Waals surface area contributed by atoms with Gasteiger partial charge in [-0.3, -0.25) is 0 Å². The normalized spacial score (nSPS) is 21.0. The van der Waals surface area contributed by atoms with Crippen molar-refractivity contribution in [1.82, 2.24) is 9.29 Å². The summed E-state index contributed by atoms with van der Waals surface area (Å²) >= 11 is 0. The van der Waals surface area contributed by atoms with E-state index in [9.17, 15) is 8.42 Å². The summed E-state index contributed by atoms with van der Waals surface area (Å²) < 4.78 is 27.7. The predicted molar refractivity (Wildman–Crippen MR) is 84.8 cm³/mol. The van der Waals surface area contributed by atoms with Gasteiger partial charge in [-0.15, -0.1) is 0 Å². The van der Waals surface area contributed by atoms with Gasteiger partial charge in [-0.25, -0.2) is 13.4 Å². The Morgan fingerprint density at radius 1 is 1.33 bits per heavy atom. The van der Waals surface area contributed by atoms with E-state index >= 15 is 0 Å². The van der Waals surface area contributed by atoms with Gasteiger partial charge in [0.2, 0.25) is 0 Å². The molecule has 2 rings (SSSR count). The smallest absolute Gasteiger partial charge is 0.262 e. The van der Waals surface area contributed by atoms with E-state index in [4.69, 9.17) is 0 Å². The van der Waals surface area contributed by atoms with Gasteiger partial charge >= 0.3 is 0 Å². The van der Waals surface area contributed by atoms with Crippen LogP contribution < -0.4 is 5.32 Å². The van der Waals surface area contributed by atoms with E-state index in [1.165, 1.54) is 0 Å². The molecule has 1 N–H and O–H groups in total. The first-order valence-corrected chi connectivity index (χ1v) is 9.26. The SMILES string of the molecule is CCNc1cccnc1S(=O)(=O)N1CCCCCC1CC. The maximum absolute atomic E-state index is 13.0. The zero-order chi connectivity index (χ0) is 15.3. The van der Waals surface area contributed by atoms with E-state index in [0.29, 0.717) is 18.8 Å². The fourth-order valence-electron chi connectivity index (χ4n) is 2.91. The van der Waals surface area contributed by atoms with Crippen LogP contribution in [0.5, 0.6) is 0 Å². The molecular weight excluding hydrogens is 286 g/mol. The van der Waals surface area contributed by atoms with E-state index in [0.717, 1.165) is 32.1 Å². The number of rotatable bonds is 5. The zero-order valence-corrected chi connectivity index (χ0v) is 13.7. The molecule has 1 aliphatic rings. The summed E-state index contributed by atoms with van der Waals surface area (Å²) in [7, 11) is -3.54. The largest absolute Gasteiger partial charge is 0.383 e. The van der Waals surface area contributed by atoms with Crippen LogP contribution in [0.25, 0.3) is 0 Å². The van der Waals surface area contributed by atoms with Crippen molar-refractivity contribution in [3.8, 4) is 0 Å². The van der Waals surface area contributed by atoms with Crippen molar-refractivity contribution in [2.24, 2.45) is 0 Å². The lowest BCUT2D eigenvalue weighted by molar-refractivity contribution is 0.314. The Bertz CT molecular complexity index is 560. The van der Waals surface area contributed by atoms with Crippen LogP contribution in [0.4, 0.5) is 5.69 Å². The van der Waals surface area contributed by atoms with E-state index in [-0.39, 0.29) is 11.1 Å². The molecule has 0 bridgehead atoms. The summed E-state index contributed by atoms with van der Waals surface area (Å²) in [4.78, 5) is 4.15. The second kappa shape index (κ2) is 7.22. The highest BCUT2D eigenvalue weighted by molar-refractivity contribution is 7.89. The molecule has 0 aromatic carbocycles. The average Bonchev–Trinajstić information content (AvgIpc) is 2.73. The molecule has 21 heavy (non-hydrogen) atoms. The molecule has 1 fully saturated rings. The summed E-state index contributed by atoms with van der Waals surface area (Å²) in [6.45, 7) is 5.28. The molecule has 1 aromatic rings. The van der Waals surface area contributed by atoms with Crippen LogP contribution in [-0.2, 0) is 10.0 Å². The lowest BCUT2D eigenvalue weighted by Crippen LogP contribution is -2.40. The minimum absolute atomic E-state index is 0.0917. The number of nitrogens with zero attached hydrogens (tertiary/aromatic N) is 2. The predicted octanol–water partition coefficient (Wildman–Crippen LogP) is 2.86. The minimum atomic E-state index is -3.54. The molecule has 1 unspecified atom stereocenters. The molecule has 0 spiro atoms. The highest BCUT2D eigenvalue weighted by Gasteiger charge is 2.33. The third kappa shape index (κ3) is 3.55. The van der Waals surface area contributed by atoms with Crippen molar-refractivity contribution in [1.29, 1.82) is 0 Å². The number of nitrogens with one attached hydrogen (secondary N) is 1. The molecule has 1 aromatic heterocycles. The van der Waals surface area contributed by atoms with Crippen molar-refractivity contribution in [3.63, 3.8) is 0 Å². The van der Waals surface area contributed by atoms with Crippen molar-refractivity contribution in [2.75, 3.05) is 18.4 Å². The van der Waals surface area contributed by atoms with Gasteiger partial charge in [0.15, 0.2) is 5.03 Å². The number of pyridine rings is 1. The van der Waals surface area contributed by atoms with E-state index in [1.807, 2.05) is 6.92 Å². The fraction of sp³-hybridized carbons (Fsp3) is 0.667. The van der Waals surface area contributed by atoms with E-state index < -0.39 is 10.0 Å².